The van der Waals surface area contributed by atoms with Crippen molar-refractivity contribution < 1.29 is 0 Å². The molecule has 0 unspecified atom stereocenters. The van der Waals surface area contributed by atoms with Crippen molar-refractivity contribution in [2.45, 2.75) is 18.8 Å². The lowest BCUT2D eigenvalue weighted by Crippen LogP contribution is -2.47. The largest absolute Gasteiger partial charge is 0.345 e. The van der Waals surface area contributed by atoms with Crippen molar-refractivity contribution in [1.29, 1.82) is 0 Å². The molecule has 0 radical (unpaired) electrons. The Labute approximate surface area is 148 Å². The second kappa shape index (κ2) is 5.80. The van der Waals surface area contributed by atoms with Gasteiger partial charge in [0.15, 0.2) is 5.13 Å². The van der Waals surface area contributed by atoms with E-state index in [4.69, 9.17) is 0 Å². The highest BCUT2D eigenvalue weighted by Gasteiger charge is 2.27. The molecule has 1 N–H and O–H groups in total. The number of anilines is 2. The lowest BCUT2D eigenvalue weighted by Gasteiger charge is -2.34. The van der Waals surface area contributed by atoms with Crippen LogP contribution in [-0.4, -0.2) is 46.1 Å². The van der Waals surface area contributed by atoms with Crippen LogP contribution in [0.3, 0.4) is 0 Å². The molecule has 25 heavy (non-hydrogen) atoms. The number of piperazine rings is 1. The van der Waals surface area contributed by atoms with Crippen LogP contribution in [0.2, 0.25) is 0 Å². The number of aromatic nitrogens is 4. The highest BCUT2D eigenvalue weighted by molar-refractivity contribution is 7.22. The fourth-order valence-corrected chi connectivity index (χ4v) is 4.20. The van der Waals surface area contributed by atoms with E-state index in [1.807, 2.05) is 12.3 Å². The number of nitrogens with one attached hydrogen (secondary N) is 1. The summed E-state index contributed by atoms with van der Waals surface area (Å²) in [5.41, 5.74) is 1.85. The number of fused-ring (bicyclic) bond motifs is 1. The zero-order valence-electron chi connectivity index (χ0n) is 13.7. The second-order valence-corrected chi connectivity index (χ2v) is 7.59. The summed E-state index contributed by atoms with van der Waals surface area (Å²) in [5, 5.41) is 1.04. The molecule has 2 fully saturated rings. The number of hydrogen-bond acceptors (Lipinski definition) is 7. The Morgan fingerprint density at radius 3 is 2.68 bits per heavy atom. The van der Waals surface area contributed by atoms with E-state index >= 15 is 0 Å². The maximum Gasteiger partial charge on any atom is 0.252 e. The van der Waals surface area contributed by atoms with E-state index in [2.05, 4.69) is 29.7 Å². The summed E-state index contributed by atoms with van der Waals surface area (Å²) >= 11 is 1.70. The quantitative estimate of drug-likeness (QED) is 0.775. The van der Waals surface area contributed by atoms with Gasteiger partial charge in [-0.05, 0) is 18.9 Å². The first-order valence-electron chi connectivity index (χ1n) is 8.58. The van der Waals surface area contributed by atoms with Crippen molar-refractivity contribution in [3.8, 4) is 0 Å². The normalized spacial score (nSPS) is 18.1. The number of nitrogens with zero attached hydrogens (tertiary/aromatic N) is 5. The van der Waals surface area contributed by atoms with Crippen LogP contribution in [0.15, 0.2) is 29.3 Å². The Hall–Kier alpha value is -2.48. The van der Waals surface area contributed by atoms with Gasteiger partial charge in [0, 0.05) is 44.4 Å². The van der Waals surface area contributed by atoms with Gasteiger partial charge in [-0.2, -0.15) is 0 Å². The molecule has 0 bridgehead atoms. The molecule has 0 aromatic carbocycles. The number of thiazole rings is 1. The summed E-state index contributed by atoms with van der Waals surface area (Å²) < 4.78 is 1.16. The van der Waals surface area contributed by atoms with Gasteiger partial charge in [-0.25, -0.2) is 9.97 Å². The minimum Gasteiger partial charge on any atom is -0.345 e. The maximum absolute atomic E-state index is 11.9. The Bertz CT molecular complexity index is 937. The van der Waals surface area contributed by atoms with Crippen LogP contribution in [0.25, 0.3) is 10.2 Å². The van der Waals surface area contributed by atoms with Gasteiger partial charge >= 0.3 is 0 Å². The number of aromatic amines is 1. The SMILES string of the molecule is O=c1cc(C2CC2)nc(N2CCN(c3nc4cnccc4s3)CC2)[nH]1. The van der Waals surface area contributed by atoms with E-state index < -0.39 is 0 Å². The van der Waals surface area contributed by atoms with Crippen LogP contribution >= 0.6 is 11.3 Å². The third-order valence-electron chi connectivity index (χ3n) is 4.77. The lowest BCUT2D eigenvalue weighted by atomic mass is 10.3. The second-order valence-electron chi connectivity index (χ2n) is 6.58. The number of H-pyrrole nitrogens is 1. The number of pyridine rings is 1. The van der Waals surface area contributed by atoms with E-state index in [1.165, 1.54) is 0 Å². The van der Waals surface area contributed by atoms with Gasteiger partial charge in [0.25, 0.3) is 5.56 Å². The fourth-order valence-electron chi connectivity index (χ4n) is 3.21. The molecule has 7 nitrogen and oxygen atoms in total. The number of hydrogen-bond donors (Lipinski definition) is 1. The summed E-state index contributed by atoms with van der Waals surface area (Å²) in [7, 11) is 0. The van der Waals surface area contributed by atoms with Crippen molar-refractivity contribution >= 4 is 32.6 Å². The smallest absolute Gasteiger partial charge is 0.252 e. The van der Waals surface area contributed by atoms with Gasteiger partial charge in [-0.1, -0.05) is 11.3 Å². The summed E-state index contributed by atoms with van der Waals surface area (Å²) in [5.74, 6) is 1.20. The monoisotopic (exact) mass is 354 g/mol. The van der Waals surface area contributed by atoms with Crippen LogP contribution in [-0.2, 0) is 0 Å². The molecule has 1 aliphatic heterocycles. The predicted octanol–water partition coefficient (Wildman–Crippen LogP) is 1.98. The van der Waals surface area contributed by atoms with Crippen LogP contribution in [0.5, 0.6) is 0 Å². The van der Waals surface area contributed by atoms with Crippen LogP contribution < -0.4 is 15.4 Å². The Kier molecular flexibility index (Phi) is 3.44. The van der Waals surface area contributed by atoms with Gasteiger partial charge in [0.1, 0.15) is 5.52 Å². The molecule has 2 aliphatic rings. The summed E-state index contributed by atoms with van der Waals surface area (Å²) in [6.07, 6.45) is 5.91. The van der Waals surface area contributed by atoms with E-state index in [0.29, 0.717) is 11.9 Å². The van der Waals surface area contributed by atoms with Gasteiger partial charge < -0.3 is 9.80 Å². The minimum absolute atomic E-state index is 0.0481. The van der Waals surface area contributed by atoms with Gasteiger partial charge in [0.05, 0.1) is 16.6 Å². The van der Waals surface area contributed by atoms with Crippen molar-refractivity contribution in [3.63, 3.8) is 0 Å². The minimum atomic E-state index is -0.0481. The molecule has 1 aliphatic carbocycles. The topological polar surface area (TPSA) is 78.0 Å². The molecule has 3 aromatic heterocycles. The average Bonchev–Trinajstić information content (AvgIpc) is 3.40. The highest BCUT2D eigenvalue weighted by atomic mass is 32.1. The molecular weight excluding hydrogens is 336 g/mol. The van der Waals surface area contributed by atoms with E-state index in [0.717, 1.165) is 60.1 Å². The van der Waals surface area contributed by atoms with E-state index in [9.17, 15) is 4.79 Å². The van der Waals surface area contributed by atoms with Crippen molar-refractivity contribution in [2.24, 2.45) is 0 Å². The first-order valence-corrected chi connectivity index (χ1v) is 9.40. The maximum atomic E-state index is 11.9. The zero-order valence-corrected chi connectivity index (χ0v) is 14.5. The van der Waals surface area contributed by atoms with Gasteiger partial charge in [-0.15, -0.1) is 0 Å². The Morgan fingerprint density at radius 2 is 1.92 bits per heavy atom. The molecule has 4 heterocycles. The van der Waals surface area contributed by atoms with E-state index in [1.54, 1.807) is 23.6 Å². The molecule has 5 rings (SSSR count). The first kappa shape index (κ1) is 14.8. The zero-order chi connectivity index (χ0) is 16.8. The standard InChI is InChI=1S/C17H18N6OS/c24-15-9-12(11-1-2-11)19-16(21-15)22-5-7-23(8-6-22)17-20-13-10-18-4-3-14(13)25-17/h3-4,9-11H,1-2,5-8H2,(H,19,21,24). The summed E-state index contributed by atoms with van der Waals surface area (Å²) in [6, 6.07) is 3.65. The van der Waals surface area contributed by atoms with E-state index in [-0.39, 0.29) is 5.56 Å². The van der Waals surface area contributed by atoms with Crippen LogP contribution in [0, 0.1) is 0 Å². The molecule has 128 valence electrons. The molecule has 1 saturated heterocycles. The van der Waals surface area contributed by atoms with Crippen molar-refractivity contribution in [1.82, 2.24) is 19.9 Å². The van der Waals surface area contributed by atoms with Crippen molar-refractivity contribution in [3.05, 3.63) is 40.6 Å². The molecule has 0 spiro atoms. The molecule has 0 amide bonds. The molecule has 1 saturated carbocycles. The summed E-state index contributed by atoms with van der Waals surface area (Å²) in [6.45, 7) is 3.38. The molecule has 3 aromatic rings. The molecular formula is C17H18N6OS. The van der Waals surface area contributed by atoms with Crippen LogP contribution in [0.1, 0.15) is 24.5 Å². The van der Waals surface area contributed by atoms with Crippen molar-refractivity contribution in [2.75, 3.05) is 36.0 Å². The molecule has 0 atom stereocenters. The Morgan fingerprint density at radius 1 is 1.12 bits per heavy atom. The average molecular weight is 354 g/mol. The van der Waals surface area contributed by atoms with Gasteiger partial charge in [0.2, 0.25) is 5.95 Å². The summed E-state index contributed by atoms with van der Waals surface area (Å²) in [4.78, 5) is 32.8. The van der Waals surface area contributed by atoms with Gasteiger partial charge in [-0.3, -0.25) is 14.8 Å². The third-order valence-corrected chi connectivity index (χ3v) is 5.87. The lowest BCUT2D eigenvalue weighted by molar-refractivity contribution is 0.636. The molecule has 8 heteroatoms. The predicted molar refractivity (Wildman–Crippen MR) is 98.7 cm³/mol. The first-order chi connectivity index (χ1) is 12.3. The third kappa shape index (κ3) is 2.86. The Balaban J connectivity index is 1.33. The number of rotatable bonds is 3. The highest BCUT2D eigenvalue weighted by Crippen LogP contribution is 2.38. The van der Waals surface area contributed by atoms with Crippen LogP contribution in [0.4, 0.5) is 11.1 Å². The fraction of sp³-hybridized carbons (Fsp3) is 0.412.